The lowest BCUT2D eigenvalue weighted by atomic mass is 9.82. The molecule has 0 aliphatic heterocycles. The fourth-order valence-electron chi connectivity index (χ4n) is 7.25. The largest absolute Gasteiger partial charge is 0.416 e. The standard InChI is InChI=1S/C37H37F3N3/c1-20-25-15-21(17-35(2,3)4)9-11-23(25)27(18-36(5,6)7)33-30(20)34-31-28(41-19-42(34)8)13-12-24-26-16-22(37(38,39)40)10-14-29(26)43(33)32(24)31/h9-16,19H,17-18H2,1-8H3/q+1. The number of halogens is 3. The van der Waals surface area contributed by atoms with Gasteiger partial charge < -0.3 is 4.40 Å². The van der Waals surface area contributed by atoms with Crippen LogP contribution in [0.4, 0.5) is 13.2 Å². The third kappa shape index (κ3) is 4.24. The zero-order valence-corrected chi connectivity index (χ0v) is 26.1. The van der Waals surface area contributed by atoms with E-state index in [9.17, 15) is 13.2 Å². The van der Waals surface area contributed by atoms with Gasteiger partial charge in [0, 0.05) is 10.8 Å². The van der Waals surface area contributed by atoms with Crippen molar-refractivity contribution in [1.29, 1.82) is 0 Å². The van der Waals surface area contributed by atoms with Gasteiger partial charge in [-0.15, -0.1) is 0 Å². The van der Waals surface area contributed by atoms with E-state index in [0.717, 1.165) is 56.6 Å². The maximum absolute atomic E-state index is 14.0. The summed E-state index contributed by atoms with van der Waals surface area (Å²) in [6, 6.07) is 15.0. The second kappa shape index (κ2) is 8.81. The number of hydrogen-bond acceptors (Lipinski definition) is 1. The second-order valence-corrected chi connectivity index (χ2v) is 14.8. The van der Waals surface area contributed by atoms with Crippen LogP contribution >= 0.6 is 0 Å². The highest BCUT2D eigenvalue weighted by Crippen LogP contribution is 2.46. The SMILES string of the molecule is Cc1c2cc(CC(C)(C)C)ccc2c(CC(C)(C)C)c2c1c1c3c(ccc4c5cc(C(F)(F)F)ccc5n2c43)nc[n+]1C. The first-order valence-electron chi connectivity index (χ1n) is 14.9. The lowest BCUT2D eigenvalue weighted by molar-refractivity contribution is -0.646. The van der Waals surface area contributed by atoms with Crippen LogP contribution in [-0.4, -0.2) is 9.38 Å². The first-order valence-corrected chi connectivity index (χ1v) is 14.9. The van der Waals surface area contributed by atoms with Crippen molar-refractivity contribution in [2.24, 2.45) is 17.9 Å². The third-order valence-corrected chi connectivity index (χ3v) is 8.81. The van der Waals surface area contributed by atoms with E-state index in [-0.39, 0.29) is 10.8 Å². The molecule has 43 heavy (non-hydrogen) atoms. The summed E-state index contributed by atoms with van der Waals surface area (Å²) in [5.41, 5.74) is 7.88. The monoisotopic (exact) mass is 580 g/mol. The van der Waals surface area contributed by atoms with Gasteiger partial charge in [0.15, 0.2) is 5.52 Å². The average Bonchev–Trinajstić information content (AvgIpc) is 3.23. The molecule has 0 fully saturated rings. The van der Waals surface area contributed by atoms with E-state index in [1.54, 1.807) is 6.07 Å². The number of fused-ring (bicyclic) bond motifs is 7. The van der Waals surface area contributed by atoms with Crippen LogP contribution in [0.5, 0.6) is 0 Å². The van der Waals surface area contributed by atoms with Gasteiger partial charge in [-0.05, 0) is 93.4 Å². The molecular formula is C37H37F3N3+. The van der Waals surface area contributed by atoms with Crippen LogP contribution in [0.25, 0.3) is 59.9 Å². The molecule has 0 spiro atoms. The minimum atomic E-state index is -4.42. The number of benzene rings is 4. The molecule has 0 radical (unpaired) electrons. The summed E-state index contributed by atoms with van der Waals surface area (Å²) >= 11 is 0. The topological polar surface area (TPSA) is 21.2 Å². The summed E-state index contributed by atoms with van der Waals surface area (Å²) in [6.45, 7) is 15.7. The highest BCUT2D eigenvalue weighted by Gasteiger charge is 2.33. The summed E-state index contributed by atoms with van der Waals surface area (Å²) in [7, 11) is 2.02. The van der Waals surface area contributed by atoms with Gasteiger partial charge in [-0.1, -0.05) is 59.7 Å². The highest BCUT2D eigenvalue weighted by molar-refractivity contribution is 6.28. The van der Waals surface area contributed by atoms with E-state index in [1.165, 1.54) is 39.6 Å². The fraction of sp³-hybridized carbons (Fsp3) is 0.351. The molecule has 0 saturated carbocycles. The number of hydrogen-bond donors (Lipinski definition) is 0. The molecule has 3 aromatic heterocycles. The Kier molecular flexibility index (Phi) is 5.71. The summed E-state index contributed by atoms with van der Waals surface area (Å²) in [6.07, 6.45) is -0.788. The summed E-state index contributed by atoms with van der Waals surface area (Å²) in [5.74, 6) is 0. The molecule has 0 saturated heterocycles. The second-order valence-electron chi connectivity index (χ2n) is 14.8. The van der Waals surface area contributed by atoms with E-state index in [2.05, 4.69) is 75.6 Å². The Balaban J connectivity index is 1.80. The Morgan fingerprint density at radius 1 is 0.744 bits per heavy atom. The fourth-order valence-corrected chi connectivity index (χ4v) is 7.25. The zero-order valence-electron chi connectivity index (χ0n) is 26.1. The number of aryl methyl sites for hydroxylation is 2. The molecule has 0 aliphatic carbocycles. The van der Waals surface area contributed by atoms with Crippen molar-refractivity contribution >= 4 is 59.9 Å². The molecule has 4 aromatic carbocycles. The predicted octanol–water partition coefficient (Wildman–Crippen LogP) is 9.87. The van der Waals surface area contributed by atoms with Crippen molar-refractivity contribution in [1.82, 2.24) is 9.38 Å². The van der Waals surface area contributed by atoms with Gasteiger partial charge in [0.05, 0.1) is 39.9 Å². The van der Waals surface area contributed by atoms with Crippen molar-refractivity contribution in [3.05, 3.63) is 77.1 Å². The summed E-state index contributed by atoms with van der Waals surface area (Å²) in [4.78, 5) is 4.76. The summed E-state index contributed by atoms with van der Waals surface area (Å²) in [5, 5.41) is 5.97. The van der Waals surface area contributed by atoms with Gasteiger partial charge in [0.2, 0.25) is 0 Å². The Labute approximate surface area is 249 Å². The van der Waals surface area contributed by atoms with Crippen molar-refractivity contribution < 1.29 is 17.7 Å². The first-order chi connectivity index (χ1) is 20.0. The quantitative estimate of drug-likeness (QED) is 0.113. The third-order valence-electron chi connectivity index (χ3n) is 8.81. The molecule has 0 aliphatic rings. The van der Waals surface area contributed by atoms with E-state index >= 15 is 0 Å². The molecule has 0 unspecified atom stereocenters. The van der Waals surface area contributed by atoms with Crippen LogP contribution in [0.2, 0.25) is 0 Å². The lowest BCUT2D eigenvalue weighted by Gasteiger charge is -2.25. The van der Waals surface area contributed by atoms with Crippen LogP contribution < -0.4 is 4.57 Å². The minimum Gasteiger partial charge on any atom is -0.307 e. The van der Waals surface area contributed by atoms with Gasteiger partial charge in [0.1, 0.15) is 5.52 Å². The molecule has 0 amide bonds. The Hall–Kier alpha value is -3.93. The molecule has 6 heteroatoms. The molecule has 0 N–H and O–H groups in total. The molecule has 0 atom stereocenters. The molecule has 7 rings (SSSR count). The number of rotatable bonds is 2. The van der Waals surface area contributed by atoms with Crippen LogP contribution in [-0.2, 0) is 26.1 Å². The smallest absolute Gasteiger partial charge is 0.307 e. The predicted molar refractivity (Wildman–Crippen MR) is 171 cm³/mol. The van der Waals surface area contributed by atoms with Gasteiger partial charge in [-0.3, -0.25) is 0 Å². The minimum absolute atomic E-state index is 0.0295. The summed E-state index contributed by atoms with van der Waals surface area (Å²) < 4.78 is 46.2. The van der Waals surface area contributed by atoms with Gasteiger partial charge in [0.25, 0.3) is 6.33 Å². The molecule has 220 valence electrons. The Morgan fingerprint density at radius 2 is 1.44 bits per heavy atom. The van der Waals surface area contributed by atoms with Gasteiger partial charge >= 0.3 is 6.18 Å². The maximum Gasteiger partial charge on any atom is 0.416 e. The number of alkyl halides is 3. The number of aromatic nitrogens is 3. The average molecular weight is 581 g/mol. The van der Waals surface area contributed by atoms with E-state index in [0.29, 0.717) is 5.39 Å². The van der Waals surface area contributed by atoms with E-state index < -0.39 is 11.7 Å². The Morgan fingerprint density at radius 3 is 2.12 bits per heavy atom. The highest BCUT2D eigenvalue weighted by atomic mass is 19.4. The number of pyridine rings is 1. The molecule has 0 bridgehead atoms. The molecule has 3 nitrogen and oxygen atoms in total. The van der Waals surface area contributed by atoms with Crippen LogP contribution in [0.1, 0.15) is 63.8 Å². The maximum atomic E-state index is 14.0. The van der Waals surface area contributed by atoms with Crippen LogP contribution in [0.3, 0.4) is 0 Å². The van der Waals surface area contributed by atoms with Crippen LogP contribution in [0.15, 0.2) is 54.9 Å². The van der Waals surface area contributed by atoms with Crippen molar-refractivity contribution in [2.45, 2.75) is 67.5 Å². The van der Waals surface area contributed by atoms with Crippen LogP contribution in [0, 0.1) is 17.8 Å². The Bertz CT molecular complexity index is 2260. The molecule has 3 heterocycles. The molecular weight excluding hydrogens is 543 g/mol. The first kappa shape index (κ1) is 27.9. The van der Waals surface area contributed by atoms with Crippen molar-refractivity contribution in [3.8, 4) is 0 Å². The van der Waals surface area contributed by atoms with Crippen molar-refractivity contribution in [2.75, 3.05) is 0 Å². The van der Waals surface area contributed by atoms with E-state index in [4.69, 9.17) is 4.98 Å². The van der Waals surface area contributed by atoms with E-state index in [1.807, 2.05) is 25.5 Å². The van der Waals surface area contributed by atoms with Gasteiger partial charge in [-0.2, -0.15) is 13.2 Å². The molecule has 7 aromatic rings. The van der Waals surface area contributed by atoms with Gasteiger partial charge in [-0.25, -0.2) is 4.57 Å². The van der Waals surface area contributed by atoms with Crippen molar-refractivity contribution in [3.63, 3.8) is 0 Å². The lowest BCUT2D eigenvalue weighted by Crippen LogP contribution is -2.30. The normalized spacial score (nSPS) is 13.7. The zero-order chi connectivity index (χ0) is 30.8. The number of nitrogens with zero attached hydrogens (tertiary/aromatic N) is 3.